The first-order valence-corrected chi connectivity index (χ1v) is 14.1. The molecule has 0 radical (unpaired) electrons. The van der Waals surface area contributed by atoms with Gasteiger partial charge in [0, 0.05) is 6.54 Å². The number of hydrogen-bond acceptors (Lipinski definition) is 5. The van der Waals surface area contributed by atoms with Gasteiger partial charge in [0.1, 0.15) is 0 Å². The highest BCUT2D eigenvalue weighted by Crippen LogP contribution is 2.34. The Bertz CT molecular complexity index is 1380. The fraction of sp³-hybridized carbons (Fsp3) is 0.333. The van der Waals surface area contributed by atoms with Gasteiger partial charge in [0.2, 0.25) is 5.91 Å². The summed E-state index contributed by atoms with van der Waals surface area (Å²) in [7, 11) is -0.147. The van der Waals surface area contributed by atoms with Crippen molar-refractivity contribution in [2.75, 3.05) is 14.1 Å². The van der Waals surface area contributed by atoms with Crippen LogP contribution in [0.1, 0.15) is 72.1 Å². The second-order valence-corrected chi connectivity index (χ2v) is 12.1. The number of nitrogens with one attached hydrogen (secondary N) is 1. The number of carboxylic acids is 1. The summed E-state index contributed by atoms with van der Waals surface area (Å²) in [5.74, 6) is -1.42. The third-order valence-electron chi connectivity index (χ3n) is 6.35. The second-order valence-electron chi connectivity index (χ2n) is 10.4. The molecule has 0 heterocycles. The molecule has 7 nitrogen and oxygen atoms in total. The lowest BCUT2D eigenvalue weighted by atomic mass is 9.84. The van der Waals surface area contributed by atoms with Crippen LogP contribution in [0.3, 0.4) is 0 Å². The number of carbonyl (C=O) groups is 2. The molecular formula is C30H36N2O5S. The number of nitrogens with zero attached hydrogens (tertiary/aromatic N) is 1. The molecule has 0 atom stereocenters. The molecule has 2 N–H and O–H groups in total. The van der Waals surface area contributed by atoms with Crippen LogP contribution in [0.25, 0.3) is 11.1 Å². The van der Waals surface area contributed by atoms with Crippen molar-refractivity contribution >= 4 is 21.9 Å². The zero-order valence-electron chi connectivity index (χ0n) is 22.8. The third-order valence-corrected chi connectivity index (χ3v) is 7.74. The molecule has 0 aromatic heterocycles. The number of amides is 1. The van der Waals surface area contributed by atoms with Gasteiger partial charge in [-0.2, -0.15) is 0 Å². The predicted octanol–water partition coefficient (Wildman–Crippen LogP) is 5.41. The van der Waals surface area contributed by atoms with E-state index in [-0.39, 0.29) is 28.7 Å². The van der Waals surface area contributed by atoms with Gasteiger partial charge in [-0.05, 0) is 83.6 Å². The second kappa shape index (κ2) is 11.9. The maximum atomic E-state index is 13.1. The first-order chi connectivity index (χ1) is 17.8. The van der Waals surface area contributed by atoms with Crippen molar-refractivity contribution in [1.29, 1.82) is 0 Å². The van der Waals surface area contributed by atoms with Gasteiger partial charge < -0.3 is 10.0 Å². The Morgan fingerprint density at radius 1 is 0.842 bits per heavy atom. The Hall–Kier alpha value is -3.49. The molecule has 0 aliphatic rings. The van der Waals surface area contributed by atoms with Gasteiger partial charge in [0.25, 0.3) is 10.0 Å². The van der Waals surface area contributed by atoms with Gasteiger partial charge >= 0.3 is 5.97 Å². The highest BCUT2D eigenvalue weighted by Gasteiger charge is 2.23. The van der Waals surface area contributed by atoms with Crippen LogP contribution >= 0.6 is 0 Å². The van der Waals surface area contributed by atoms with E-state index in [9.17, 15) is 23.1 Å². The van der Waals surface area contributed by atoms with Crippen LogP contribution < -0.4 is 4.72 Å². The van der Waals surface area contributed by atoms with E-state index in [1.54, 1.807) is 36.4 Å². The van der Waals surface area contributed by atoms with Gasteiger partial charge in [-0.3, -0.25) is 4.79 Å². The van der Waals surface area contributed by atoms with Crippen molar-refractivity contribution < 1.29 is 23.1 Å². The van der Waals surface area contributed by atoms with Crippen molar-refractivity contribution in [3.63, 3.8) is 0 Å². The van der Waals surface area contributed by atoms with Crippen molar-refractivity contribution in [2.45, 2.75) is 57.4 Å². The van der Waals surface area contributed by atoms with Gasteiger partial charge in [0.15, 0.2) is 0 Å². The molecule has 202 valence electrons. The normalized spacial score (nSPS) is 11.8. The van der Waals surface area contributed by atoms with E-state index in [0.29, 0.717) is 6.54 Å². The molecule has 3 rings (SSSR count). The lowest BCUT2D eigenvalue weighted by Gasteiger charge is -2.22. The van der Waals surface area contributed by atoms with E-state index in [4.69, 9.17) is 0 Å². The quantitative estimate of drug-likeness (QED) is 0.359. The molecule has 0 aliphatic carbocycles. The molecule has 0 saturated heterocycles. The molecule has 3 aromatic rings. The van der Waals surface area contributed by atoms with Crippen molar-refractivity contribution in [1.82, 2.24) is 9.62 Å². The van der Waals surface area contributed by atoms with Gasteiger partial charge in [-0.15, -0.1) is 0 Å². The minimum Gasteiger partial charge on any atom is -0.478 e. The summed E-state index contributed by atoms with van der Waals surface area (Å²) in [6, 6.07) is 17.2. The first-order valence-electron chi connectivity index (χ1n) is 12.6. The molecule has 38 heavy (non-hydrogen) atoms. The van der Waals surface area contributed by atoms with Gasteiger partial charge in [0.05, 0.1) is 16.9 Å². The summed E-state index contributed by atoms with van der Waals surface area (Å²) < 4.78 is 28.1. The zero-order valence-corrected chi connectivity index (χ0v) is 23.6. The largest absolute Gasteiger partial charge is 0.478 e. The van der Waals surface area contributed by atoms with Crippen LogP contribution in [0.2, 0.25) is 0 Å². The van der Waals surface area contributed by atoms with E-state index < -0.39 is 21.9 Å². The van der Waals surface area contributed by atoms with Crippen LogP contribution in [0, 0.1) is 0 Å². The minimum absolute atomic E-state index is 0.0432. The fourth-order valence-corrected chi connectivity index (χ4v) is 5.45. The Morgan fingerprint density at radius 2 is 1.37 bits per heavy atom. The maximum Gasteiger partial charge on any atom is 0.335 e. The molecule has 0 bridgehead atoms. The van der Waals surface area contributed by atoms with Gasteiger partial charge in [-0.1, -0.05) is 64.1 Å². The number of rotatable bonds is 10. The fourth-order valence-electron chi connectivity index (χ4n) is 4.47. The average molecular weight is 537 g/mol. The van der Waals surface area contributed by atoms with Crippen molar-refractivity contribution in [3.05, 3.63) is 88.5 Å². The highest BCUT2D eigenvalue weighted by molar-refractivity contribution is 7.90. The van der Waals surface area contributed by atoms with Crippen LogP contribution in [0.5, 0.6) is 0 Å². The van der Waals surface area contributed by atoms with E-state index >= 15 is 0 Å². The smallest absolute Gasteiger partial charge is 0.335 e. The molecular weight excluding hydrogens is 500 g/mol. The number of sulfonamides is 1. The van der Waals surface area contributed by atoms with Crippen molar-refractivity contribution in [3.8, 4) is 11.1 Å². The Balaban J connectivity index is 1.92. The van der Waals surface area contributed by atoms with Gasteiger partial charge in [-0.25, -0.2) is 17.9 Å². The molecule has 3 aromatic carbocycles. The Morgan fingerprint density at radius 3 is 1.82 bits per heavy atom. The van der Waals surface area contributed by atoms with E-state index in [1.807, 2.05) is 58.8 Å². The van der Waals surface area contributed by atoms with Crippen molar-refractivity contribution in [2.24, 2.45) is 0 Å². The molecule has 8 heteroatoms. The number of carboxylic acid groups (broad SMARTS) is 1. The zero-order chi connectivity index (χ0) is 28.2. The Labute approximate surface area is 225 Å². The summed E-state index contributed by atoms with van der Waals surface area (Å²) >= 11 is 0. The molecule has 0 fully saturated rings. The van der Waals surface area contributed by atoms with E-state index in [1.165, 1.54) is 12.1 Å². The lowest BCUT2D eigenvalue weighted by Crippen LogP contribution is -2.32. The molecule has 1 amide bonds. The summed E-state index contributed by atoms with van der Waals surface area (Å²) in [5, 5.41) is 9.21. The minimum atomic E-state index is -4.01. The summed E-state index contributed by atoms with van der Waals surface area (Å²) in [6.07, 6.45) is -0.0722. The van der Waals surface area contributed by atoms with E-state index in [2.05, 4.69) is 4.72 Å². The first kappa shape index (κ1) is 29.1. The molecule has 0 saturated carbocycles. The predicted molar refractivity (Wildman–Crippen MR) is 150 cm³/mol. The van der Waals surface area contributed by atoms with E-state index in [0.717, 1.165) is 33.4 Å². The Kier molecular flexibility index (Phi) is 9.12. The summed E-state index contributed by atoms with van der Waals surface area (Å²) in [4.78, 5) is 26.3. The third kappa shape index (κ3) is 7.08. The number of benzene rings is 3. The lowest BCUT2D eigenvalue weighted by molar-refractivity contribution is -0.118. The van der Waals surface area contributed by atoms with Crippen LogP contribution in [-0.4, -0.2) is 44.4 Å². The topological polar surface area (TPSA) is 104 Å². The number of hydrogen-bond donors (Lipinski definition) is 2. The highest BCUT2D eigenvalue weighted by atomic mass is 32.2. The number of aromatic carboxylic acids is 1. The maximum absolute atomic E-state index is 13.1. The molecule has 0 aliphatic heterocycles. The standard InChI is InChI=1S/C30H36N2O5S/c1-19(2)26-15-24(22-9-11-23(12-10-22)30(34)35)16-27(20(3)4)28(26)17-29(33)31-38(36,37)25-13-7-21(8-14-25)18-32(5)6/h7-16,19-20H,17-18H2,1-6H3,(H,31,33)(H,34,35). The van der Waals surface area contributed by atoms with Crippen LogP contribution in [-0.2, 0) is 27.8 Å². The summed E-state index contributed by atoms with van der Waals surface area (Å²) in [5.41, 5.74) is 5.70. The molecule has 0 unspecified atom stereocenters. The molecule has 0 spiro atoms. The van der Waals surface area contributed by atoms with Crippen LogP contribution in [0.4, 0.5) is 0 Å². The summed E-state index contributed by atoms with van der Waals surface area (Å²) in [6.45, 7) is 8.81. The number of carbonyl (C=O) groups excluding carboxylic acids is 1. The SMILES string of the molecule is CC(C)c1cc(-c2ccc(C(=O)O)cc2)cc(C(C)C)c1CC(=O)NS(=O)(=O)c1ccc(CN(C)C)cc1. The monoisotopic (exact) mass is 536 g/mol. The average Bonchev–Trinajstić information content (AvgIpc) is 2.83. The van der Waals surface area contributed by atoms with Crippen LogP contribution in [0.15, 0.2) is 65.6 Å².